The van der Waals surface area contributed by atoms with Gasteiger partial charge in [0.1, 0.15) is 11.6 Å². The summed E-state index contributed by atoms with van der Waals surface area (Å²) < 4.78 is 34.2. The summed E-state index contributed by atoms with van der Waals surface area (Å²) in [6.07, 6.45) is -3.79. The molecular weight excluding hydrogens is 324 g/mol. The first-order chi connectivity index (χ1) is 11.2. The third-order valence-electron chi connectivity index (χ3n) is 4.13. The Bertz CT molecular complexity index is 782. The van der Waals surface area contributed by atoms with Gasteiger partial charge in [-0.3, -0.25) is 0 Å². The van der Waals surface area contributed by atoms with Crippen molar-refractivity contribution < 1.29 is 28.8 Å². The molecular formula is C15H19F2N3O4. The molecule has 7 nitrogen and oxygen atoms in total. The van der Waals surface area contributed by atoms with Crippen molar-refractivity contribution in [3.63, 3.8) is 0 Å². The highest BCUT2D eigenvalue weighted by Crippen LogP contribution is 2.33. The Morgan fingerprint density at radius 1 is 1.33 bits per heavy atom. The van der Waals surface area contributed by atoms with Gasteiger partial charge in [-0.2, -0.15) is 0 Å². The first-order valence-electron chi connectivity index (χ1n) is 7.56. The molecule has 2 heterocycles. The van der Waals surface area contributed by atoms with Crippen LogP contribution in [0.5, 0.6) is 0 Å². The minimum atomic E-state index is -2.30. The molecule has 0 radical (unpaired) electrons. The number of imidazole rings is 1. The van der Waals surface area contributed by atoms with E-state index in [4.69, 9.17) is 4.74 Å². The van der Waals surface area contributed by atoms with Gasteiger partial charge in [-0.15, -0.1) is 0 Å². The first-order valence-corrected chi connectivity index (χ1v) is 7.56. The Hall–Kier alpha value is -1.81. The summed E-state index contributed by atoms with van der Waals surface area (Å²) in [5.41, 5.74) is 0.104. The van der Waals surface area contributed by atoms with Gasteiger partial charge in [-0.05, 0) is 32.9 Å². The lowest BCUT2D eigenvalue weighted by Gasteiger charge is -2.28. The topological polar surface area (TPSA) is 99.8 Å². The second-order valence-electron chi connectivity index (χ2n) is 6.21. The standard InChI is InChI=1S/C15H19F2N3O4/c1-6(2)20-9-5-4-8(16)10(17)11(9)18-14(20)19-15(23)13(22)12(21)7(3)24-15/h4-7,12-13,21-23H,1-3H3,(H,18,19)/t7-,12-,13-,15-/m1/s1. The Morgan fingerprint density at radius 2 is 2.00 bits per heavy atom. The van der Waals surface area contributed by atoms with Crippen molar-refractivity contribution in [2.75, 3.05) is 5.32 Å². The fourth-order valence-corrected chi connectivity index (χ4v) is 2.89. The number of nitrogens with one attached hydrogen (secondary N) is 1. The molecule has 1 aliphatic rings. The van der Waals surface area contributed by atoms with E-state index in [1.807, 2.05) is 0 Å². The average molecular weight is 343 g/mol. The number of halogens is 2. The van der Waals surface area contributed by atoms with E-state index >= 15 is 0 Å². The van der Waals surface area contributed by atoms with Gasteiger partial charge in [0.15, 0.2) is 17.7 Å². The molecule has 3 rings (SSSR count). The predicted molar refractivity (Wildman–Crippen MR) is 81.2 cm³/mol. The molecule has 0 amide bonds. The summed E-state index contributed by atoms with van der Waals surface area (Å²) in [4.78, 5) is 3.99. The molecule has 9 heteroatoms. The molecule has 4 atom stereocenters. The van der Waals surface area contributed by atoms with Crippen LogP contribution < -0.4 is 5.32 Å². The van der Waals surface area contributed by atoms with Crippen LogP contribution in [0.4, 0.5) is 14.7 Å². The Balaban J connectivity index is 2.10. The van der Waals surface area contributed by atoms with Crippen LogP contribution in [-0.4, -0.2) is 49.1 Å². The molecule has 1 aromatic carbocycles. The third-order valence-corrected chi connectivity index (χ3v) is 4.13. The summed E-state index contributed by atoms with van der Waals surface area (Å²) in [6, 6.07) is 2.15. The van der Waals surface area contributed by atoms with Crippen LogP contribution in [-0.2, 0) is 4.74 Å². The van der Waals surface area contributed by atoms with Crippen molar-refractivity contribution in [1.82, 2.24) is 9.55 Å². The first kappa shape index (κ1) is 17.0. The fraction of sp³-hybridized carbons (Fsp3) is 0.533. The zero-order valence-electron chi connectivity index (χ0n) is 13.4. The van der Waals surface area contributed by atoms with Gasteiger partial charge in [-0.25, -0.2) is 13.8 Å². The van der Waals surface area contributed by atoms with Crippen molar-refractivity contribution in [1.29, 1.82) is 0 Å². The maximum atomic E-state index is 14.0. The SMILES string of the molecule is CC(C)n1c(N[C@]2(O)O[C@H](C)[C@@H](O)[C@H]2O)nc2c(F)c(F)ccc21. The minimum Gasteiger partial charge on any atom is -0.387 e. The number of ether oxygens (including phenoxy) is 1. The number of anilines is 1. The van der Waals surface area contributed by atoms with Crippen molar-refractivity contribution in [2.45, 2.75) is 51.0 Å². The molecule has 1 saturated heterocycles. The van der Waals surface area contributed by atoms with Gasteiger partial charge in [0.2, 0.25) is 5.95 Å². The summed E-state index contributed by atoms with van der Waals surface area (Å²) in [5.74, 6) is -4.47. The average Bonchev–Trinajstić information content (AvgIpc) is 2.95. The highest BCUT2D eigenvalue weighted by molar-refractivity contribution is 5.79. The predicted octanol–water partition coefficient (Wildman–Crippen LogP) is 1.09. The van der Waals surface area contributed by atoms with Crippen molar-refractivity contribution >= 4 is 17.0 Å². The lowest BCUT2D eigenvalue weighted by molar-refractivity contribution is -0.205. The van der Waals surface area contributed by atoms with Crippen LogP contribution in [0.25, 0.3) is 11.0 Å². The van der Waals surface area contributed by atoms with Crippen molar-refractivity contribution in [2.24, 2.45) is 0 Å². The van der Waals surface area contributed by atoms with Crippen LogP contribution in [0.15, 0.2) is 12.1 Å². The Morgan fingerprint density at radius 3 is 2.54 bits per heavy atom. The molecule has 1 aliphatic heterocycles. The van der Waals surface area contributed by atoms with E-state index in [9.17, 15) is 24.1 Å². The smallest absolute Gasteiger partial charge is 0.279 e. The zero-order chi connectivity index (χ0) is 17.8. The maximum Gasteiger partial charge on any atom is 0.279 e. The molecule has 0 unspecified atom stereocenters. The molecule has 4 N–H and O–H groups in total. The monoisotopic (exact) mass is 343 g/mol. The van der Waals surface area contributed by atoms with Crippen molar-refractivity contribution in [3.05, 3.63) is 23.8 Å². The van der Waals surface area contributed by atoms with E-state index in [0.29, 0.717) is 5.52 Å². The number of nitrogens with zero attached hydrogens (tertiary/aromatic N) is 2. The third kappa shape index (κ3) is 2.44. The second kappa shape index (κ2) is 5.62. The number of aliphatic hydroxyl groups is 3. The summed E-state index contributed by atoms with van der Waals surface area (Å²) in [6.45, 7) is 5.07. The fourth-order valence-electron chi connectivity index (χ4n) is 2.89. The maximum absolute atomic E-state index is 14.0. The Labute approximate surface area is 136 Å². The van der Waals surface area contributed by atoms with Gasteiger partial charge in [0.05, 0.1) is 11.6 Å². The van der Waals surface area contributed by atoms with E-state index in [2.05, 4.69) is 10.3 Å². The molecule has 2 aromatic rings. The quantitative estimate of drug-likeness (QED) is 0.623. The second-order valence-corrected chi connectivity index (χ2v) is 6.21. The van der Waals surface area contributed by atoms with E-state index < -0.39 is 35.9 Å². The molecule has 0 saturated carbocycles. The van der Waals surface area contributed by atoms with E-state index in [1.165, 1.54) is 17.6 Å². The summed E-state index contributed by atoms with van der Waals surface area (Å²) in [5, 5.41) is 32.7. The van der Waals surface area contributed by atoms with Crippen LogP contribution in [0, 0.1) is 11.6 Å². The van der Waals surface area contributed by atoms with Gasteiger partial charge in [0, 0.05) is 6.04 Å². The van der Waals surface area contributed by atoms with Gasteiger partial charge in [0.25, 0.3) is 5.91 Å². The van der Waals surface area contributed by atoms with E-state index in [-0.39, 0.29) is 17.5 Å². The number of hydrogen-bond acceptors (Lipinski definition) is 6. The summed E-state index contributed by atoms with van der Waals surface area (Å²) in [7, 11) is 0. The molecule has 0 aliphatic carbocycles. The van der Waals surface area contributed by atoms with Crippen molar-refractivity contribution in [3.8, 4) is 0 Å². The number of rotatable bonds is 3. The number of aliphatic hydroxyl groups excluding tert-OH is 2. The lowest BCUT2D eigenvalue weighted by Crippen LogP contribution is -2.50. The van der Waals surface area contributed by atoms with Crippen LogP contribution in [0.2, 0.25) is 0 Å². The molecule has 1 aromatic heterocycles. The number of fused-ring (bicyclic) bond motifs is 1. The highest BCUT2D eigenvalue weighted by Gasteiger charge is 2.52. The number of hydrogen-bond donors (Lipinski definition) is 4. The largest absolute Gasteiger partial charge is 0.387 e. The molecule has 24 heavy (non-hydrogen) atoms. The van der Waals surface area contributed by atoms with Gasteiger partial charge < -0.3 is 29.9 Å². The Kier molecular flexibility index (Phi) is 3.99. The highest BCUT2D eigenvalue weighted by atomic mass is 19.2. The zero-order valence-corrected chi connectivity index (χ0v) is 13.4. The van der Waals surface area contributed by atoms with E-state index in [1.54, 1.807) is 13.8 Å². The molecule has 0 spiro atoms. The number of benzene rings is 1. The van der Waals surface area contributed by atoms with Gasteiger partial charge >= 0.3 is 0 Å². The molecule has 0 bridgehead atoms. The molecule has 132 valence electrons. The van der Waals surface area contributed by atoms with Crippen LogP contribution in [0.1, 0.15) is 26.8 Å². The van der Waals surface area contributed by atoms with E-state index in [0.717, 1.165) is 6.07 Å². The molecule has 1 fully saturated rings. The lowest BCUT2D eigenvalue weighted by atomic mass is 10.1. The summed E-state index contributed by atoms with van der Waals surface area (Å²) >= 11 is 0. The van der Waals surface area contributed by atoms with Crippen LogP contribution in [0.3, 0.4) is 0 Å². The normalized spacial score (nSPS) is 30.5. The van der Waals surface area contributed by atoms with Gasteiger partial charge in [-0.1, -0.05) is 0 Å². The number of aromatic nitrogens is 2. The van der Waals surface area contributed by atoms with Crippen LogP contribution >= 0.6 is 0 Å². The minimum absolute atomic E-state index is 0.0210.